The van der Waals surface area contributed by atoms with Crippen LogP contribution in [-0.4, -0.2) is 53.4 Å². The van der Waals surface area contributed by atoms with Gasteiger partial charge in [0.1, 0.15) is 5.75 Å². The Hall–Kier alpha value is -1.07. The van der Waals surface area contributed by atoms with Crippen molar-refractivity contribution in [2.75, 3.05) is 39.0 Å². The normalized spacial score (nSPS) is 12.8. The Labute approximate surface area is 180 Å². The van der Waals surface area contributed by atoms with Gasteiger partial charge in [0, 0.05) is 26.2 Å². The summed E-state index contributed by atoms with van der Waals surface area (Å²) in [5.74, 6) is 2.04. The molecule has 0 aliphatic rings. The summed E-state index contributed by atoms with van der Waals surface area (Å²) in [5.41, 5.74) is 1.26. The number of sulfonamides is 1. The maximum atomic E-state index is 11.4. The van der Waals surface area contributed by atoms with Crippen LogP contribution in [0, 0.1) is 0 Å². The molecule has 0 amide bonds. The standard InChI is InChI=1S/C18H32N4O3S.HI/c1-5-19-18(21-13-14-22-26(23,24)6-2)20-12-11-15(3)16-7-9-17(25-4)10-8-16;/h7-10,15,22H,5-6,11-14H2,1-4H3,(H2,19,20,21);1H. The number of halogens is 1. The molecule has 0 aliphatic carbocycles. The number of methoxy groups -OCH3 is 1. The Morgan fingerprint density at radius 2 is 1.81 bits per heavy atom. The summed E-state index contributed by atoms with van der Waals surface area (Å²) in [4.78, 5) is 4.56. The third-order valence-corrected chi connectivity index (χ3v) is 5.38. The third-order valence-electron chi connectivity index (χ3n) is 3.98. The number of ether oxygens (including phenoxy) is 1. The van der Waals surface area contributed by atoms with Crippen molar-refractivity contribution < 1.29 is 13.2 Å². The summed E-state index contributed by atoms with van der Waals surface area (Å²) in [6.07, 6.45) is 0.922. The summed E-state index contributed by atoms with van der Waals surface area (Å²) in [6, 6.07) is 8.10. The van der Waals surface area contributed by atoms with Crippen LogP contribution in [0.3, 0.4) is 0 Å². The van der Waals surface area contributed by atoms with E-state index < -0.39 is 10.0 Å². The molecule has 156 valence electrons. The van der Waals surface area contributed by atoms with Gasteiger partial charge in [-0.3, -0.25) is 4.99 Å². The van der Waals surface area contributed by atoms with Crippen molar-refractivity contribution in [1.82, 2.24) is 15.4 Å². The highest BCUT2D eigenvalue weighted by atomic mass is 127. The second kappa shape index (κ2) is 14.0. The average molecular weight is 512 g/mol. The molecular formula is C18H33IN4O3S. The maximum Gasteiger partial charge on any atom is 0.211 e. The van der Waals surface area contributed by atoms with Crippen LogP contribution < -0.4 is 20.1 Å². The Kier molecular flexibility index (Phi) is 13.4. The van der Waals surface area contributed by atoms with Crippen molar-refractivity contribution in [2.24, 2.45) is 4.99 Å². The average Bonchev–Trinajstić information content (AvgIpc) is 2.65. The highest BCUT2D eigenvalue weighted by Crippen LogP contribution is 2.21. The smallest absolute Gasteiger partial charge is 0.211 e. The number of hydrogen-bond acceptors (Lipinski definition) is 4. The van der Waals surface area contributed by atoms with E-state index in [2.05, 4.69) is 39.4 Å². The predicted molar refractivity (Wildman–Crippen MR) is 123 cm³/mol. The molecule has 1 aromatic rings. The second-order valence-electron chi connectivity index (χ2n) is 5.95. The van der Waals surface area contributed by atoms with Gasteiger partial charge in [0.25, 0.3) is 0 Å². The van der Waals surface area contributed by atoms with Crippen LogP contribution in [0.1, 0.15) is 38.7 Å². The van der Waals surface area contributed by atoms with Crippen LogP contribution in [0.2, 0.25) is 0 Å². The van der Waals surface area contributed by atoms with Crippen LogP contribution in [0.25, 0.3) is 0 Å². The van der Waals surface area contributed by atoms with E-state index in [9.17, 15) is 8.42 Å². The van der Waals surface area contributed by atoms with Gasteiger partial charge in [-0.15, -0.1) is 24.0 Å². The number of aliphatic imine (C=N–C) groups is 1. The molecule has 0 spiro atoms. The summed E-state index contributed by atoms with van der Waals surface area (Å²) >= 11 is 0. The largest absolute Gasteiger partial charge is 0.497 e. The lowest BCUT2D eigenvalue weighted by molar-refractivity contribution is 0.414. The number of guanidine groups is 1. The van der Waals surface area contributed by atoms with Gasteiger partial charge >= 0.3 is 0 Å². The van der Waals surface area contributed by atoms with E-state index in [-0.39, 0.29) is 29.7 Å². The lowest BCUT2D eigenvalue weighted by atomic mass is 9.98. The fourth-order valence-electron chi connectivity index (χ4n) is 2.30. The molecule has 0 saturated heterocycles. The minimum atomic E-state index is -3.15. The van der Waals surface area contributed by atoms with Crippen LogP contribution in [0.15, 0.2) is 29.3 Å². The Bertz CT molecular complexity index is 651. The van der Waals surface area contributed by atoms with Crippen LogP contribution in [0.4, 0.5) is 0 Å². The van der Waals surface area contributed by atoms with Crippen molar-refractivity contribution in [3.8, 4) is 5.75 Å². The zero-order valence-electron chi connectivity index (χ0n) is 16.6. The van der Waals surface area contributed by atoms with Gasteiger partial charge in [0.15, 0.2) is 5.96 Å². The highest BCUT2D eigenvalue weighted by Gasteiger charge is 2.07. The molecular weight excluding hydrogens is 479 g/mol. The maximum absolute atomic E-state index is 11.4. The van der Waals surface area contributed by atoms with Crippen molar-refractivity contribution >= 4 is 40.0 Å². The molecule has 9 heteroatoms. The molecule has 3 N–H and O–H groups in total. The van der Waals surface area contributed by atoms with Gasteiger partial charge in [-0.2, -0.15) is 0 Å². The van der Waals surface area contributed by atoms with Crippen LogP contribution >= 0.6 is 24.0 Å². The number of rotatable bonds is 11. The molecule has 0 aliphatic heterocycles. The molecule has 1 atom stereocenters. The fraction of sp³-hybridized carbons (Fsp3) is 0.611. The monoisotopic (exact) mass is 512 g/mol. The van der Waals surface area contributed by atoms with Crippen molar-refractivity contribution in [2.45, 2.75) is 33.1 Å². The zero-order chi connectivity index (χ0) is 19.4. The summed E-state index contributed by atoms with van der Waals surface area (Å²) in [6.45, 7) is 8.05. The Morgan fingerprint density at radius 1 is 1.15 bits per heavy atom. The first-order chi connectivity index (χ1) is 12.4. The zero-order valence-corrected chi connectivity index (χ0v) is 19.8. The van der Waals surface area contributed by atoms with E-state index in [1.165, 1.54) is 5.56 Å². The van der Waals surface area contributed by atoms with E-state index in [1.54, 1.807) is 14.0 Å². The second-order valence-corrected chi connectivity index (χ2v) is 8.04. The van der Waals surface area contributed by atoms with Crippen LogP contribution in [-0.2, 0) is 10.0 Å². The first-order valence-electron chi connectivity index (χ1n) is 9.05. The molecule has 1 rings (SSSR count). The molecule has 1 unspecified atom stereocenters. The Balaban J connectivity index is 0.00000676. The fourth-order valence-corrected chi connectivity index (χ4v) is 2.92. The highest BCUT2D eigenvalue weighted by molar-refractivity contribution is 14.0. The molecule has 0 saturated carbocycles. The molecule has 0 heterocycles. The lowest BCUT2D eigenvalue weighted by Gasteiger charge is -2.14. The minimum Gasteiger partial charge on any atom is -0.497 e. The van der Waals surface area contributed by atoms with Crippen LogP contribution in [0.5, 0.6) is 5.75 Å². The molecule has 1 aromatic carbocycles. The van der Waals surface area contributed by atoms with Crippen molar-refractivity contribution in [3.05, 3.63) is 29.8 Å². The van der Waals surface area contributed by atoms with Gasteiger partial charge in [-0.1, -0.05) is 19.1 Å². The van der Waals surface area contributed by atoms with E-state index in [4.69, 9.17) is 4.74 Å². The van der Waals surface area contributed by atoms with Gasteiger partial charge in [0.2, 0.25) is 10.0 Å². The molecule has 7 nitrogen and oxygen atoms in total. The van der Waals surface area contributed by atoms with E-state index in [1.807, 2.05) is 19.1 Å². The Morgan fingerprint density at radius 3 is 2.37 bits per heavy atom. The van der Waals surface area contributed by atoms with Gasteiger partial charge in [-0.05, 0) is 43.9 Å². The molecule has 0 fully saturated rings. The minimum absolute atomic E-state index is 0. The summed E-state index contributed by atoms with van der Waals surface area (Å²) in [7, 11) is -1.49. The van der Waals surface area contributed by atoms with E-state index in [0.29, 0.717) is 31.5 Å². The number of nitrogens with zero attached hydrogens (tertiary/aromatic N) is 1. The first-order valence-corrected chi connectivity index (χ1v) is 10.7. The van der Waals surface area contributed by atoms with E-state index >= 15 is 0 Å². The lowest BCUT2D eigenvalue weighted by Crippen LogP contribution is -2.41. The topological polar surface area (TPSA) is 91.8 Å². The number of benzene rings is 1. The van der Waals surface area contributed by atoms with Gasteiger partial charge < -0.3 is 15.4 Å². The van der Waals surface area contributed by atoms with Crippen molar-refractivity contribution in [3.63, 3.8) is 0 Å². The van der Waals surface area contributed by atoms with Gasteiger partial charge in [-0.25, -0.2) is 13.1 Å². The number of hydrogen-bond donors (Lipinski definition) is 3. The predicted octanol–water partition coefficient (Wildman–Crippen LogP) is 2.30. The van der Waals surface area contributed by atoms with Gasteiger partial charge in [0.05, 0.1) is 12.9 Å². The summed E-state index contributed by atoms with van der Waals surface area (Å²) in [5, 5.41) is 6.31. The van der Waals surface area contributed by atoms with Crippen molar-refractivity contribution in [1.29, 1.82) is 0 Å². The molecule has 0 bridgehead atoms. The third kappa shape index (κ3) is 10.7. The molecule has 27 heavy (non-hydrogen) atoms. The first kappa shape index (κ1) is 25.9. The summed E-state index contributed by atoms with van der Waals surface area (Å²) < 4.78 is 30.5. The number of nitrogens with one attached hydrogen (secondary N) is 3. The molecule has 0 radical (unpaired) electrons. The molecule has 0 aromatic heterocycles. The quantitative estimate of drug-likeness (QED) is 0.183. The van der Waals surface area contributed by atoms with E-state index in [0.717, 1.165) is 18.7 Å². The SMILES string of the molecule is CCNC(=NCCC(C)c1ccc(OC)cc1)NCCNS(=O)(=O)CC.I.